The zero-order chi connectivity index (χ0) is 17.6. The second-order valence-electron chi connectivity index (χ2n) is 5.26. The molecule has 2 heterocycles. The predicted molar refractivity (Wildman–Crippen MR) is 87.4 cm³/mol. The molecule has 2 amide bonds. The number of hydrogen-bond acceptors (Lipinski definition) is 6. The van der Waals surface area contributed by atoms with Crippen LogP contribution in [0.4, 0.5) is 0 Å². The van der Waals surface area contributed by atoms with Crippen LogP contribution in [0.2, 0.25) is 0 Å². The van der Waals surface area contributed by atoms with Crippen molar-refractivity contribution >= 4 is 11.8 Å². The highest BCUT2D eigenvalue weighted by Crippen LogP contribution is 2.17. The Kier molecular flexibility index (Phi) is 4.89. The van der Waals surface area contributed by atoms with E-state index >= 15 is 0 Å². The van der Waals surface area contributed by atoms with Gasteiger partial charge in [0.1, 0.15) is 5.76 Å². The fraction of sp³-hybridized carbons (Fsp3) is 0.176. The summed E-state index contributed by atoms with van der Waals surface area (Å²) in [6, 6.07) is 10.2. The summed E-state index contributed by atoms with van der Waals surface area (Å²) in [4.78, 5) is 27.9. The number of aryl methyl sites for hydroxylation is 1. The lowest BCUT2D eigenvalue weighted by atomic mass is 10.1. The molecule has 0 unspecified atom stereocenters. The quantitative estimate of drug-likeness (QED) is 0.706. The van der Waals surface area contributed by atoms with E-state index in [-0.39, 0.29) is 24.9 Å². The summed E-state index contributed by atoms with van der Waals surface area (Å²) in [5.41, 5.74) is 1.15. The SMILES string of the molecule is Cc1noc(-c2ccc(C(=O)NCC(=O)NCc3ccco3)cc2)n1. The number of carbonyl (C=O) groups excluding carboxylic acids is 2. The molecule has 0 saturated carbocycles. The number of rotatable bonds is 6. The molecule has 3 aromatic rings. The van der Waals surface area contributed by atoms with Crippen molar-refractivity contribution in [2.24, 2.45) is 0 Å². The molecule has 0 bridgehead atoms. The van der Waals surface area contributed by atoms with Crippen molar-refractivity contribution in [3.63, 3.8) is 0 Å². The van der Waals surface area contributed by atoms with E-state index < -0.39 is 0 Å². The summed E-state index contributed by atoms with van der Waals surface area (Å²) in [5, 5.41) is 8.93. The largest absolute Gasteiger partial charge is 0.467 e. The van der Waals surface area contributed by atoms with E-state index in [1.165, 1.54) is 6.26 Å². The zero-order valence-electron chi connectivity index (χ0n) is 13.5. The highest BCUT2D eigenvalue weighted by Gasteiger charge is 2.10. The van der Waals surface area contributed by atoms with Gasteiger partial charge < -0.3 is 19.6 Å². The van der Waals surface area contributed by atoms with Gasteiger partial charge in [0.25, 0.3) is 11.8 Å². The Labute approximate surface area is 143 Å². The molecule has 0 aliphatic carbocycles. The maximum Gasteiger partial charge on any atom is 0.257 e. The van der Waals surface area contributed by atoms with Gasteiger partial charge >= 0.3 is 0 Å². The summed E-state index contributed by atoms with van der Waals surface area (Å²) in [6.45, 7) is 1.88. The fourth-order valence-electron chi connectivity index (χ4n) is 2.10. The lowest BCUT2D eigenvalue weighted by Crippen LogP contribution is -2.36. The molecule has 8 heteroatoms. The predicted octanol–water partition coefficient (Wildman–Crippen LogP) is 1.68. The third-order valence-corrected chi connectivity index (χ3v) is 3.37. The van der Waals surface area contributed by atoms with Gasteiger partial charge in [-0.25, -0.2) is 0 Å². The van der Waals surface area contributed by atoms with E-state index in [9.17, 15) is 9.59 Å². The number of nitrogens with zero attached hydrogens (tertiary/aromatic N) is 2. The highest BCUT2D eigenvalue weighted by atomic mass is 16.5. The van der Waals surface area contributed by atoms with Crippen LogP contribution < -0.4 is 10.6 Å². The van der Waals surface area contributed by atoms with Gasteiger partial charge in [0.15, 0.2) is 5.82 Å². The van der Waals surface area contributed by atoms with E-state index in [0.29, 0.717) is 28.6 Å². The Morgan fingerprint density at radius 1 is 1.12 bits per heavy atom. The first-order chi connectivity index (χ1) is 12.1. The summed E-state index contributed by atoms with van der Waals surface area (Å²) in [7, 11) is 0. The van der Waals surface area contributed by atoms with Gasteiger partial charge in [0.2, 0.25) is 5.91 Å². The molecule has 0 saturated heterocycles. The van der Waals surface area contributed by atoms with Crippen LogP contribution in [-0.2, 0) is 11.3 Å². The number of aromatic nitrogens is 2. The van der Waals surface area contributed by atoms with Gasteiger partial charge in [-0.15, -0.1) is 0 Å². The Hall–Kier alpha value is -3.42. The first-order valence-electron chi connectivity index (χ1n) is 7.60. The van der Waals surface area contributed by atoms with Crippen LogP contribution >= 0.6 is 0 Å². The third kappa shape index (κ3) is 4.31. The molecule has 3 rings (SSSR count). The number of carbonyl (C=O) groups is 2. The van der Waals surface area contributed by atoms with Gasteiger partial charge in [-0.1, -0.05) is 5.16 Å². The fourth-order valence-corrected chi connectivity index (χ4v) is 2.10. The third-order valence-electron chi connectivity index (χ3n) is 3.37. The van der Waals surface area contributed by atoms with Gasteiger partial charge in [0, 0.05) is 11.1 Å². The molecular formula is C17H16N4O4. The van der Waals surface area contributed by atoms with Crippen molar-refractivity contribution in [1.29, 1.82) is 0 Å². The Balaban J connectivity index is 1.50. The van der Waals surface area contributed by atoms with Crippen molar-refractivity contribution in [3.8, 4) is 11.5 Å². The lowest BCUT2D eigenvalue weighted by molar-refractivity contribution is -0.120. The Morgan fingerprint density at radius 2 is 1.92 bits per heavy atom. The molecule has 0 atom stereocenters. The Morgan fingerprint density at radius 3 is 2.56 bits per heavy atom. The van der Waals surface area contributed by atoms with E-state index in [0.717, 1.165) is 0 Å². The lowest BCUT2D eigenvalue weighted by Gasteiger charge is -2.06. The van der Waals surface area contributed by atoms with Crippen molar-refractivity contribution in [1.82, 2.24) is 20.8 Å². The molecule has 25 heavy (non-hydrogen) atoms. The average molecular weight is 340 g/mol. The number of hydrogen-bond donors (Lipinski definition) is 2. The first kappa shape index (κ1) is 16.4. The van der Waals surface area contributed by atoms with Crippen LogP contribution in [0, 0.1) is 6.92 Å². The summed E-state index contributed by atoms with van der Waals surface area (Å²) < 4.78 is 10.2. The van der Waals surface area contributed by atoms with Gasteiger partial charge in [-0.2, -0.15) is 4.98 Å². The smallest absolute Gasteiger partial charge is 0.257 e. The van der Waals surface area contributed by atoms with E-state index in [1.54, 1.807) is 43.3 Å². The standard InChI is InChI=1S/C17H16N4O4/c1-11-20-17(25-21-11)13-6-4-12(5-7-13)16(23)19-10-15(22)18-9-14-3-2-8-24-14/h2-8H,9-10H2,1H3,(H,18,22)(H,19,23). The van der Waals surface area contributed by atoms with Crippen LogP contribution in [0.1, 0.15) is 21.9 Å². The van der Waals surface area contributed by atoms with Crippen LogP contribution in [0.3, 0.4) is 0 Å². The zero-order valence-corrected chi connectivity index (χ0v) is 13.5. The molecule has 0 spiro atoms. The molecular weight excluding hydrogens is 324 g/mol. The summed E-state index contributed by atoms with van der Waals surface area (Å²) in [6.07, 6.45) is 1.53. The molecule has 2 N–H and O–H groups in total. The summed E-state index contributed by atoms with van der Waals surface area (Å²) >= 11 is 0. The number of nitrogens with one attached hydrogen (secondary N) is 2. The molecule has 0 aliphatic rings. The second kappa shape index (κ2) is 7.43. The molecule has 0 fully saturated rings. The van der Waals surface area contributed by atoms with Crippen molar-refractivity contribution in [2.75, 3.05) is 6.54 Å². The molecule has 2 aromatic heterocycles. The molecule has 8 nitrogen and oxygen atoms in total. The van der Waals surface area contributed by atoms with Gasteiger partial charge in [-0.3, -0.25) is 9.59 Å². The molecule has 128 valence electrons. The van der Waals surface area contributed by atoms with Crippen molar-refractivity contribution in [3.05, 3.63) is 59.8 Å². The number of benzene rings is 1. The van der Waals surface area contributed by atoms with Gasteiger partial charge in [0.05, 0.1) is 19.4 Å². The topological polar surface area (TPSA) is 110 Å². The van der Waals surface area contributed by atoms with E-state index in [2.05, 4.69) is 20.8 Å². The minimum atomic E-state index is -0.346. The summed E-state index contributed by atoms with van der Waals surface area (Å²) in [5.74, 6) is 0.926. The normalized spacial score (nSPS) is 10.4. The molecule has 0 aliphatic heterocycles. The van der Waals surface area contributed by atoms with Crippen molar-refractivity contribution < 1.29 is 18.5 Å². The van der Waals surface area contributed by atoms with Crippen LogP contribution in [-0.4, -0.2) is 28.5 Å². The Bertz CT molecular complexity index is 853. The minimum Gasteiger partial charge on any atom is -0.467 e. The first-order valence-corrected chi connectivity index (χ1v) is 7.60. The highest BCUT2D eigenvalue weighted by molar-refractivity contribution is 5.96. The molecule has 1 aromatic carbocycles. The average Bonchev–Trinajstić information content (AvgIpc) is 3.29. The second-order valence-corrected chi connectivity index (χ2v) is 5.26. The maximum atomic E-state index is 12.1. The maximum absolute atomic E-state index is 12.1. The van der Waals surface area contributed by atoms with E-state index in [1.807, 2.05) is 0 Å². The van der Waals surface area contributed by atoms with Gasteiger partial charge in [-0.05, 0) is 43.3 Å². The van der Waals surface area contributed by atoms with Crippen LogP contribution in [0.25, 0.3) is 11.5 Å². The molecule has 0 radical (unpaired) electrons. The number of furan rings is 1. The number of amides is 2. The van der Waals surface area contributed by atoms with Crippen LogP contribution in [0.15, 0.2) is 51.6 Å². The minimum absolute atomic E-state index is 0.121. The monoisotopic (exact) mass is 340 g/mol. The van der Waals surface area contributed by atoms with E-state index in [4.69, 9.17) is 8.94 Å². The van der Waals surface area contributed by atoms with Crippen molar-refractivity contribution in [2.45, 2.75) is 13.5 Å². The van der Waals surface area contributed by atoms with Crippen LogP contribution in [0.5, 0.6) is 0 Å².